The van der Waals surface area contributed by atoms with Crippen LogP contribution in [0, 0.1) is 0 Å². The second-order valence-electron chi connectivity index (χ2n) is 6.36. The van der Waals surface area contributed by atoms with Crippen LogP contribution in [0.25, 0.3) is 0 Å². The van der Waals surface area contributed by atoms with E-state index in [0.29, 0.717) is 11.3 Å². The number of aromatic nitrogens is 2. The number of hydrogen-bond acceptors (Lipinski definition) is 1. The number of rotatable bonds is 1. The maximum atomic E-state index is 4.97. The third kappa shape index (κ3) is 1.92. The third-order valence-corrected chi connectivity index (χ3v) is 4.87. The summed E-state index contributed by atoms with van der Waals surface area (Å²) in [6.07, 6.45) is 10.6. The quantitative estimate of drug-likeness (QED) is 0.776. The molecule has 1 heterocycles. The minimum Gasteiger partial charge on any atom is -0.345 e. The number of hydrogen-bond donors (Lipinski definition) is 1. The Balaban J connectivity index is 1.93. The van der Waals surface area contributed by atoms with E-state index in [1.54, 1.807) is 0 Å². The van der Waals surface area contributed by atoms with Gasteiger partial charge >= 0.3 is 0 Å². The molecule has 2 heteroatoms. The Bertz CT molecular complexity index is 399. The van der Waals surface area contributed by atoms with Gasteiger partial charge in [-0.3, -0.25) is 0 Å². The Morgan fingerprint density at radius 1 is 1.18 bits per heavy atom. The predicted octanol–water partition coefficient (Wildman–Crippen LogP) is 4.07. The molecule has 0 spiro atoms. The number of aromatic amines is 1. The minimum absolute atomic E-state index is 0.329. The summed E-state index contributed by atoms with van der Waals surface area (Å²) < 4.78 is 0. The number of nitrogens with zero attached hydrogens (tertiary/aromatic N) is 1. The zero-order chi connectivity index (χ0) is 11.9. The van der Waals surface area contributed by atoms with E-state index in [2.05, 4.69) is 18.8 Å². The van der Waals surface area contributed by atoms with Crippen LogP contribution in [0.3, 0.4) is 0 Å². The number of H-pyrrole nitrogens is 1. The SMILES string of the molecule is CC1CCCc2[nH]c(C3(C)CCCCC3)nc21. The highest BCUT2D eigenvalue weighted by atomic mass is 15.0. The average molecular weight is 232 g/mol. The normalized spacial score (nSPS) is 27.8. The summed E-state index contributed by atoms with van der Waals surface area (Å²) in [6, 6.07) is 0. The molecule has 0 amide bonds. The first kappa shape index (κ1) is 11.3. The average Bonchev–Trinajstić information content (AvgIpc) is 2.76. The van der Waals surface area contributed by atoms with Crippen molar-refractivity contribution < 1.29 is 0 Å². The summed E-state index contributed by atoms with van der Waals surface area (Å²) in [5.41, 5.74) is 3.14. The molecule has 2 nitrogen and oxygen atoms in total. The van der Waals surface area contributed by atoms with Gasteiger partial charge in [0.25, 0.3) is 0 Å². The van der Waals surface area contributed by atoms with Crippen molar-refractivity contribution in [1.29, 1.82) is 0 Å². The first-order chi connectivity index (χ1) is 8.19. The Labute approximate surface area is 104 Å². The van der Waals surface area contributed by atoms with Crippen LogP contribution in [0.15, 0.2) is 0 Å². The molecule has 0 radical (unpaired) electrons. The van der Waals surface area contributed by atoms with Gasteiger partial charge in [0.15, 0.2) is 0 Å². The van der Waals surface area contributed by atoms with Crippen LogP contribution >= 0.6 is 0 Å². The molecule has 17 heavy (non-hydrogen) atoms. The lowest BCUT2D eigenvalue weighted by molar-refractivity contribution is 0.305. The van der Waals surface area contributed by atoms with E-state index in [1.807, 2.05) is 0 Å². The van der Waals surface area contributed by atoms with E-state index in [4.69, 9.17) is 4.98 Å². The van der Waals surface area contributed by atoms with Crippen molar-refractivity contribution in [2.75, 3.05) is 0 Å². The van der Waals surface area contributed by atoms with E-state index >= 15 is 0 Å². The van der Waals surface area contributed by atoms with Gasteiger partial charge in [-0.25, -0.2) is 4.98 Å². The molecule has 2 aliphatic rings. The topological polar surface area (TPSA) is 28.7 Å². The Morgan fingerprint density at radius 2 is 1.94 bits per heavy atom. The molecule has 1 N–H and O–H groups in total. The Kier molecular flexibility index (Phi) is 2.76. The van der Waals surface area contributed by atoms with Crippen LogP contribution < -0.4 is 0 Å². The van der Waals surface area contributed by atoms with Crippen LogP contribution in [0.2, 0.25) is 0 Å². The highest BCUT2D eigenvalue weighted by molar-refractivity contribution is 5.24. The van der Waals surface area contributed by atoms with Crippen LogP contribution in [-0.2, 0) is 11.8 Å². The maximum absolute atomic E-state index is 4.97. The highest BCUT2D eigenvalue weighted by Gasteiger charge is 2.33. The van der Waals surface area contributed by atoms with Gasteiger partial charge < -0.3 is 4.98 Å². The van der Waals surface area contributed by atoms with Gasteiger partial charge in [-0.2, -0.15) is 0 Å². The summed E-state index contributed by atoms with van der Waals surface area (Å²) in [4.78, 5) is 8.63. The predicted molar refractivity (Wildman–Crippen MR) is 70.4 cm³/mol. The summed E-state index contributed by atoms with van der Waals surface area (Å²) in [5, 5.41) is 0. The van der Waals surface area contributed by atoms with Gasteiger partial charge in [-0.05, 0) is 32.1 Å². The molecule has 3 rings (SSSR count). The van der Waals surface area contributed by atoms with Crippen LogP contribution in [0.1, 0.15) is 81.9 Å². The summed E-state index contributed by atoms with van der Waals surface area (Å²) in [5.74, 6) is 1.95. The lowest BCUT2D eigenvalue weighted by Crippen LogP contribution is -2.26. The monoisotopic (exact) mass is 232 g/mol. The van der Waals surface area contributed by atoms with Crippen LogP contribution in [-0.4, -0.2) is 9.97 Å². The van der Waals surface area contributed by atoms with Crippen molar-refractivity contribution in [2.45, 2.75) is 76.5 Å². The van der Waals surface area contributed by atoms with Crippen LogP contribution in [0.5, 0.6) is 0 Å². The molecule has 0 bridgehead atoms. The van der Waals surface area contributed by atoms with Gasteiger partial charge in [0.1, 0.15) is 5.82 Å². The minimum atomic E-state index is 0.329. The molecule has 2 aliphatic carbocycles. The van der Waals surface area contributed by atoms with E-state index in [-0.39, 0.29) is 0 Å². The molecule has 0 aliphatic heterocycles. The first-order valence-corrected chi connectivity index (χ1v) is 7.28. The molecule has 1 aromatic rings. The van der Waals surface area contributed by atoms with Crippen molar-refractivity contribution in [3.8, 4) is 0 Å². The molecule has 1 aromatic heterocycles. The standard InChI is InChI=1S/C15H24N2/c1-11-7-6-8-12-13(11)17-14(16-12)15(2)9-4-3-5-10-15/h11H,3-10H2,1-2H3,(H,16,17). The largest absolute Gasteiger partial charge is 0.345 e. The van der Waals surface area contributed by atoms with Gasteiger partial charge in [-0.1, -0.05) is 33.1 Å². The van der Waals surface area contributed by atoms with E-state index in [9.17, 15) is 0 Å². The fraction of sp³-hybridized carbons (Fsp3) is 0.800. The number of aryl methyl sites for hydroxylation is 1. The lowest BCUT2D eigenvalue weighted by atomic mass is 9.75. The first-order valence-electron chi connectivity index (χ1n) is 7.28. The zero-order valence-corrected chi connectivity index (χ0v) is 11.2. The molecule has 0 saturated heterocycles. The molecule has 1 saturated carbocycles. The molecule has 94 valence electrons. The number of imidazole rings is 1. The third-order valence-electron chi connectivity index (χ3n) is 4.87. The fourth-order valence-corrected chi connectivity index (χ4v) is 3.60. The van der Waals surface area contributed by atoms with Gasteiger partial charge in [0, 0.05) is 17.0 Å². The Hall–Kier alpha value is -0.790. The van der Waals surface area contributed by atoms with Crippen molar-refractivity contribution in [1.82, 2.24) is 9.97 Å². The molecular formula is C15H24N2. The molecular weight excluding hydrogens is 208 g/mol. The Morgan fingerprint density at radius 3 is 2.65 bits per heavy atom. The maximum Gasteiger partial charge on any atom is 0.112 e. The fourth-order valence-electron chi connectivity index (χ4n) is 3.60. The van der Waals surface area contributed by atoms with Crippen LogP contribution in [0.4, 0.5) is 0 Å². The van der Waals surface area contributed by atoms with E-state index in [1.165, 1.54) is 68.6 Å². The second-order valence-corrected chi connectivity index (χ2v) is 6.36. The number of fused-ring (bicyclic) bond motifs is 1. The summed E-state index contributed by atoms with van der Waals surface area (Å²) in [7, 11) is 0. The molecule has 1 atom stereocenters. The smallest absolute Gasteiger partial charge is 0.112 e. The number of nitrogens with one attached hydrogen (secondary N) is 1. The lowest BCUT2D eigenvalue weighted by Gasteiger charge is -2.31. The molecule has 0 aromatic carbocycles. The van der Waals surface area contributed by atoms with E-state index in [0.717, 1.165) is 0 Å². The highest BCUT2D eigenvalue weighted by Crippen LogP contribution is 2.39. The second kappa shape index (κ2) is 4.15. The van der Waals surface area contributed by atoms with E-state index < -0.39 is 0 Å². The van der Waals surface area contributed by atoms with Gasteiger partial charge in [0.2, 0.25) is 0 Å². The molecule has 1 unspecified atom stereocenters. The van der Waals surface area contributed by atoms with Gasteiger partial charge in [-0.15, -0.1) is 0 Å². The summed E-state index contributed by atoms with van der Waals surface area (Å²) >= 11 is 0. The zero-order valence-electron chi connectivity index (χ0n) is 11.2. The van der Waals surface area contributed by atoms with Crippen molar-refractivity contribution in [2.24, 2.45) is 0 Å². The van der Waals surface area contributed by atoms with Crippen molar-refractivity contribution in [3.63, 3.8) is 0 Å². The van der Waals surface area contributed by atoms with Crippen molar-refractivity contribution >= 4 is 0 Å². The molecule has 1 fully saturated rings. The van der Waals surface area contributed by atoms with Crippen molar-refractivity contribution in [3.05, 3.63) is 17.2 Å². The summed E-state index contributed by atoms with van der Waals surface area (Å²) in [6.45, 7) is 4.73. The van der Waals surface area contributed by atoms with Gasteiger partial charge in [0.05, 0.1) is 5.69 Å².